The number of nitrogens with zero attached hydrogens (tertiary/aromatic N) is 1. The second-order valence-corrected chi connectivity index (χ2v) is 9.16. The van der Waals surface area contributed by atoms with E-state index in [1.807, 2.05) is 30.3 Å². The van der Waals surface area contributed by atoms with E-state index in [9.17, 15) is 13.2 Å². The van der Waals surface area contributed by atoms with Crippen molar-refractivity contribution in [2.75, 3.05) is 15.9 Å². The van der Waals surface area contributed by atoms with Crippen LogP contribution in [-0.4, -0.2) is 20.6 Å². The number of amides is 1. The van der Waals surface area contributed by atoms with Crippen LogP contribution in [0, 0.1) is 0 Å². The number of benzene rings is 3. The van der Waals surface area contributed by atoms with Crippen LogP contribution < -0.4 is 9.62 Å². The summed E-state index contributed by atoms with van der Waals surface area (Å²) in [4.78, 5) is 12.9. The molecule has 0 spiro atoms. The van der Waals surface area contributed by atoms with Crippen LogP contribution in [0.4, 0.5) is 11.4 Å². The van der Waals surface area contributed by atoms with Gasteiger partial charge < -0.3 is 5.32 Å². The van der Waals surface area contributed by atoms with Gasteiger partial charge in [-0.3, -0.25) is 9.10 Å². The van der Waals surface area contributed by atoms with Crippen molar-refractivity contribution in [3.8, 4) is 0 Å². The number of para-hydroxylation sites is 1. The van der Waals surface area contributed by atoms with Crippen molar-refractivity contribution >= 4 is 50.5 Å². The molecule has 150 valence electrons. The summed E-state index contributed by atoms with van der Waals surface area (Å²) in [5.74, 6) is -0.472. The number of rotatable bonds is 6. The SMILES string of the molecule is CS(=O)(=O)N(Cc1ccccc1)c1ccccc1C(=O)Nc1cc(Cl)cc(Cl)c1. The molecule has 0 saturated heterocycles. The fourth-order valence-corrected chi connectivity index (χ4v) is 4.26. The first-order chi connectivity index (χ1) is 13.7. The number of carbonyl (C=O) groups is 1. The van der Waals surface area contributed by atoms with Gasteiger partial charge in [-0.05, 0) is 35.9 Å². The van der Waals surface area contributed by atoms with Crippen molar-refractivity contribution in [2.45, 2.75) is 6.54 Å². The third kappa shape index (κ3) is 5.50. The van der Waals surface area contributed by atoms with Crippen LogP contribution in [0.15, 0.2) is 72.8 Å². The Labute approximate surface area is 179 Å². The van der Waals surface area contributed by atoms with Crippen LogP contribution in [0.2, 0.25) is 10.0 Å². The Kier molecular flexibility index (Phi) is 6.47. The molecule has 29 heavy (non-hydrogen) atoms. The molecular formula is C21H18Cl2N2O3S. The van der Waals surface area contributed by atoms with E-state index in [1.165, 1.54) is 4.31 Å². The molecule has 0 fully saturated rings. The topological polar surface area (TPSA) is 66.5 Å². The summed E-state index contributed by atoms with van der Waals surface area (Å²) in [5, 5.41) is 3.48. The third-order valence-corrected chi connectivity index (χ3v) is 5.67. The Morgan fingerprint density at radius 1 is 0.931 bits per heavy atom. The number of hydrogen-bond acceptors (Lipinski definition) is 3. The first-order valence-electron chi connectivity index (χ1n) is 8.62. The van der Waals surface area contributed by atoms with Gasteiger partial charge in [-0.1, -0.05) is 65.7 Å². The van der Waals surface area contributed by atoms with Gasteiger partial charge in [0.05, 0.1) is 24.1 Å². The van der Waals surface area contributed by atoms with E-state index >= 15 is 0 Å². The van der Waals surface area contributed by atoms with Crippen molar-refractivity contribution in [1.82, 2.24) is 0 Å². The highest BCUT2D eigenvalue weighted by molar-refractivity contribution is 7.92. The lowest BCUT2D eigenvalue weighted by atomic mass is 10.1. The molecule has 1 N–H and O–H groups in total. The standard InChI is InChI=1S/C21H18Cl2N2O3S/c1-29(27,28)25(14-15-7-3-2-4-8-15)20-10-6-5-9-19(20)21(26)24-18-12-16(22)11-17(23)13-18/h2-13H,14H2,1H3,(H,24,26). The Bertz CT molecular complexity index is 1120. The minimum atomic E-state index is -3.65. The molecule has 1 amide bonds. The summed E-state index contributed by atoms with van der Waals surface area (Å²) in [6, 6.07) is 20.4. The number of sulfonamides is 1. The summed E-state index contributed by atoms with van der Waals surface area (Å²) in [5.41, 5.74) is 1.71. The molecule has 0 atom stereocenters. The van der Waals surface area contributed by atoms with E-state index in [2.05, 4.69) is 5.32 Å². The molecule has 0 heterocycles. The van der Waals surface area contributed by atoms with E-state index in [-0.39, 0.29) is 17.8 Å². The zero-order valence-electron chi connectivity index (χ0n) is 15.5. The lowest BCUT2D eigenvalue weighted by Crippen LogP contribution is -2.31. The smallest absolute Gasteiger partial charge is 0.257 e. The summed E-state index contributed by atoms with van der Waals surface area (Å²) in [6.07, 6.45) is 1.11. The third-order valence-electron chi connectivity index (χ3n) is 4.11. The van der Waals surface area contributed by atoms with Gasteiger partial charge in [0.15, 0.2) is 0 Å². The molecular weight excluding hydrogens is 431 g/mol. The van der Waals surface area contributed by atoms with E-state index in [1.54, 1.807) is 42.5 Å². The zero-order valence-corrected chi connectivity index (χ0v) is 17.8. The fourth-order valence-electron chi connectivity index (χ4n) is 2.84. The van der Waals surface area contributed by atoms with Gasteiger partial charge in [-0.25, -0.2) is 8.42 Å². The van der Waals surface area contributed by atoms with Crippen molar-refractivity contribution in [2.24, 2.45) is 0 Å². The van der Waals surface area contributed by atoms with Gasteiger partial charge >= 0.3 is 0 Å². The lowest BCUT2D eigenvalue weighted by molar-refractivity contribution is 0.102. The Morgan fingerprint density at radius 2 is 1.52 bits per heavy atom. The summed E-state index contributed by atoms with van der Waals surface area (Å²) < 4.78 is 26.2. The Morgan fingerprint density at radius 3 is 2.14 bits per heavy atom. The largest absolute Gasteiger partial charge is 0.322 e. The van der Waals surface area contributed by atoms with Crippen molar-refractivity contribution in [3.63, 3.8) is 0 Å². The first-order valence-corrected chi connectivity index (χ1v) is 11.2. The second-order valence-electron chi connectivity index (χ2n) is 6.38. The number of nitrogens with one attached hydrogen (secondary N) is 1. The normalized spacial score (nSPS) is 11.1. The molecule has 3 aromatic carbocycles. The molecule has 3 aromatic rings. The van der Waals surface area contributed by atoms with E-state index in [4.69, 9.17) is 23.2 Å². The molecule has 0 bridgehead atoms. The quantitative estimate of drug-likeness (QED) is 0.562. The summed E-state index contributed by atoms with van der Waals surface area (Å²) in [7, 11) is -3.65. The molecule has 0 saturated carbocycles. The van der Waals surface area contributed by atoms with Gasteiger partial charge in [0, 0.05) is 15.7 Å². The number of hydrogen-bond donors (Lipinski definition) is 1. The predicted octanol–water partition coefficient (Wildman–Crippen LogP) is 5.21. The average Bonchev–Trinajstić information content (AvgIpc) is 2.65. The van der Waals surface area contributed by atoms with E-state index in [0.29, 0.717) is 15.7 Å². The van der Waals surface area contributed by atoms with Gasteiger partial charge in [0.2, 0.25) is 10.0 Å². The van der Waals surface area contributed by atoms with Crippen molar-refractivity contribution < 1.29 is 13.2 Å². The highest BCUT2D eigenvalue weighted by Gasteiger charge is 2.23. The van der Waals surface area contributed by atoms with Gasteiger partial charge in [0.25, 0.3) is 5.91 Å². The molecule has 3 rings (SSSR count). The minimum absolute atomic E-state index is 0.104. The van der Waals surface area contributed by atoms with Gasteiger partial charge in [-0.2, -0.15) is 0 Å². The molecule has 8 heteroatoms. The minimum Gasteiger partial charge on any atom is -0.322 e. The van der Waals surface area contributed by atoms with Crippen LogP contribution in [0.25, 0.3) is 0 Å². The Hall–Kier alpha value is -2.54. The Balaban J connectivity index is 1.98. The molecule has 0 aliphatic rings. The van der Waals surface area contributed by atoms with Crippen LogP contribution in [0.3, 0.4) is 0 Å². The average molecular weight is 449 g/mol. The van der Waals surface area contributed by atoms with Crippen LogP contribution >= 0.6 is 23.2 Å². The highest BCUT2D eigenvalue weighted by Crippen LogP contribution is 2.27. The lowest BCUT2D eigenvalue weighted by Gasteiger charge is -2.24. The van der Waals surface area contributed by atoms with Crippen LogP contribution in [-0.2, 0) is 16.6 Å². The van der Waals surface area contributed by atoms with Gasteiger partial charge in [0.1, 0.15) is 0 Å². The van der Waals surface area contributed by atoms with Crippen LogP contribution in [0.1, 0.15) is 15.9 Å². The number of anilines is 2. The molecule has 5 nitrogen and oxygen atoms in total. The second kappa shape index (κ2) is 8.86. The first kappa shape index (κ1) is 21.2. The zero-order chi connectivity index (χ0) is 21.0. The molecule has 0 aliphatic heterocycles. The van der Waals surface area contributed by atoms with Crippen LogP contribution in [0.5, 0.6) is 0 Å². The number of carbonyl (C=O) groups excluding carboxylic acids is 1. The molecule has 0 unspecified atom stereocenters. The predicted molar refractivity (Wildman–Crippen MR) is 118 cm³/mol. The van der Waals surface area contributed by atoms with E-state index < -0.39 is 15.9 Å². The summed E-state index contributed by atoms with van der Waals surface area (Å²) >= 11 is 12.0. The monoisotopic (exact) mass is 448 g/mol. The summed E-state index contributed by atoms with van der Waals surface area (Å²) in [6.45, 7) is 0.104. The van der Waals surface area contributed by atoms with Gasteiger partial charge in [-0.15, -0.1) is 0 Å². The van der Waals surface area contributed by atoms with Crippen molar-refractivity contribution in [1.29, 1.82) is 0 Å². The van der Waals surface area contributed by atoms with Crippen molar-refractivity contribution in [3.05, 3.63) is 94.0 Å². The van der Waals surface area contributed by atoms with E-state index in [0.717, 1.165) is 11.8 Å². The molecule has 0 aromatic heterocycles. The maximum absolute atomic E-state index is 12.9. The fraction of sp³-hybridized carbons (Fsp3) is 0.0952. The number of halogens is 2. The maximum Gasteiger partial charge on any atom is 0.257 e. The molecule has 0 radical (unpaired) electrons. The molecule has 0 aliphatic carbocycles. The maximum atomic E-state index is 12.9. The highest BCUT2D eigenvalue weighted by atomic mass is 35.5.